The predicted molar refractivity (Wildman–Crippen MR) is 155 cm³/mol. The topological polar surface area (TPSA) is 113 Å². The van der Waals surface area contributed by atoms with Crippen LogP contribution in [-0.2, 0) is 20.9 Å². The summed E-state index contributed by atoms with van der Waals surface area (Å²) in [6, 6.07) is 9.35. The molecule has 0 radical (unpaired) electrons. The van der Waals surface area contributed by atoms with Crippen LogP contribution in [0.4, 0.5) is 0 Å². The van der Waals surface area contributed by atoms with Crippen LogP contribution >= 0.6 is 0 Å². The summed E-state index contributed by atoms with van der Waals surface area (Å²) < 4.78 is 11.9. The van der Waals surface area contributed by atoms with Gasteiger partial charge in [-0.1, -0.05) is 37.8 Å². The highest BCUT2D eigenvalue weighted by atomic mass is 16.5. The van der Waals surface area contributed by atoms with Crippen molar-refractivity contribution in [2.45, 2.75) is 89.8 Å². The summed E-state index contributed by atoms with van der Waals surface area (Å²) in [5.41, 5.74) is 4.08. The fraction of sp³-hybridized carbons (Fsp3) is 0.531. The number of furan rings is 1. The number of aliphatic hydroxyl groups is 1. The minimum atomic E-state index is -0.989. The predicted octanol–water partition coefficient (Wildman–Crippen LogP) is 5.03. The number of aliphatic hydroxyl groups excluding tert-OH is 1. The zero-order valence-electron chi connectivity index (χ0n) is 23.7. The lowest BCUT2D eigenvalue weighted by Gasteiger charge is -2.43. The van der Waals surface area contributed by atoms with E-state index in [0.29, 0.717) is 37.1 Å². The number of hydrogen-bond acceptors (Lipinski definition) is 7. The van der Waals surface area contributed by atoms with Crippen LogP contribution in [0.25, 0.3) is 11.6 Å². The lowest BCUT2D eigenvalue weighted by Crippen LogP contribution is -2.46. The third-order valence-corrected chi connectivity index (χ3v) is 9.53. The molecule has 2 aliphatic heterocycles. The maximum absolute atomic E-state index is 13.9. The molecule has 0 bridgehead atoms. The van der Waals surface area contributed by atoms with Crippen LogP contribution in [0.5, 0.6) is 0 Å². The molecule has 2 amide bonds. The van der Waals surface area contributed by atoms with Gasteiger partial charge in [0.1, 0.15) is 18.1 Å². The molecule has 8 nitrogen and oxygen atoms in total. The number of carbonyl (C=O) groups excluding carboxylic acids is 2. The average Bonchev–Trinajstić information content (AvgIpc) is 3.56. The highest BCUT2D eigenvalue weighted by molar-refractivity contribution is 6.43. The number of nitrogens with zero attached hydrogens (tertiary/aromatic N) is 2. The lowest BCUT2D eigenvalue weighted by molar-refractivity contribution is -0.143. The van der Waals surface area contributed by atoms with E-state index in [9.17, 15) is 19.7 Å². The Kier molecular flexibility index (Phi) is 8.29. The fourth-order valence-corrected chi connectivity index (χ4v) is 7.67. The van der Waals surface area contributed by atoms with E-state index in [1.165, 1.54) is 5.57 Å². The van der Waals surface area contributed by atoms with E-state index in [4.69, 9.17) is 9.07 Å². The van der Waals surface area contributed by atoms with Crippen LogP contribution in [0.3, 0.4) is 0 Å². The molecule has 1 saturated carbocycles. The van der Waals surface area contributed by atoms with Crippen LogP contribution in [0, 0.1) is 17.8 Å². The van der Waals surface area contributed by atoms with E-state index in [1.54, 1.807) is 17.2 Å². The molecule has 0 spiro atoms. The van der Waals surface area contributed by atoms with Gasteiger partial charge < -0.3 is 19.2 Å². The van der Waals surface area contributed by atoms with Gasteiger partial charge in [0, 0.05) is 12.2 Å². The van der Waals surface area contributed by atoms with E-state index < -0.39 is 13.0 Å². The maximum atomic E-state index is 13.9. The summed E-state index contributed by atoms with van der Waals surface area (Å²) in [4.78, 5) is 33.8. The van der Waals surface area contributed by atoms with E-state index >= 15 is 0 Å². The van der Waals surface area contributed by atoms with Crippen molar-refractivity contribution < 1.29 is 28.8 Å². The second-order valence-corrected chi connectivity index (χ2v) is 11.9. The van der Waals surface area contributed by atoms with Crippen molar-refractivity contribution in [3.05, 3.63) is 64.9 Å². The normalized spacial score (nSPS) is 27.4. The van der Waals surface area contributed by atoms with Gasteiger partial charge in [-0.25, -0.2) is 0 Å². The van der Waals surface area contributed by atoms with Crippen LogP contribution < -0.4 is 0 Å². The maximum Gasteiger partial charge on any atom is 0.455 e. The first-order valence-corrected chi connectivity index (χ1v) is 15.2. The largest absolute Gasteiger partial charge is 0.459 e. The van der Waals surface area contributed by atoms with E-state index in [-0.39, 0.29) is 42.4 Å². The van der Waals surface area contributed by atoms with Crippen molar-refractivity contribution in [3.8, 4) is 0 Å². The monoisotopic (exact) mass is 558 g/mol. The standard InChI is InChI=1S/C32H39BN2O6/c1-2-20-17-25-30(32(38)35(31(25)37)22-8-4-3-5-9-22)26-18-33(39)41-28(29(20)26)14-11-21(27-10-6-7-15-34-27)16-23-12-13-24(19-36)40-23/h6-7,10,12-13,15-16,22,25-26,28,30,36,39H,2-5,8-9,11,14,17-19H2,1H3/b21-16-/t25-,26+,28-,30-/m1/s1. The molecule has 2 saturated heterocycles. The first-order chi connectivity index (χ1) is 20.0. The molecule has 4 aliphatic rings. The first kappa shape index (κ1) is 28.1. The number of imide groups is 1. The van der Waals surface area contributed by atoms with Gasteiger partial charge in [-0.3, -0.25) is 19.5 Å². The van der Waals surface area contributed by atoms with Gasteiger partial charge in [-0.05, 0) is 92.3 Å². The van der Waals surface area contributed by atoms with E-state index in [2.05, 4.69) is 11.9 Å². The number of hydrogen-bond donors (Lipinski definition) is 2. The van der Waals surface area contributed by atoms with Gasteiger partial charge in [-0.15, -0.1) is 0 Å². The molecule has 4 heterocycles. The summed E-state index contributed by atoms with van der Waals surface area (Å²) in [6.07, 6.45) is 11.3. The third-order valence-electron chi connectivity index (χ3n) is 9.53. The number of rotatable bonds is 8. The Labute approximate surface area is 241 Å². The van der Waals surface area contributed by atoms with Crippen LogP contribution in [0.15, 0.2) is 52.1 Å². The van der Waals surface area contributed by atoms with Crippen molar-refractivity contribution in [2.75, 3.05) is 0 Å². The Morgan fingerprint density at radius 1 is 1.12 bits per heavy atom. The number of likely N-dealkylation sites (tertiary alicyclic amines) is 1. The summed E-state index contributed by atoms with van der Waals surface area (Å²) >= 11 is 0. The molecule has 9 heteroatoms. The summed E-state index contributed by atoms with van der Waals surface area (Å²) in [5.74, 6) is 0.139. The lowest BCUT2D eigenvalue weighted by atomic mass is 9.58. The molecule has 216 valence electrons. The van der Waals surface area contributed by atoms with Crippen molar-refractivity contribution in [1.29, 1.82) is 0 Å². The number of pyridine rings is 1. The molecule has 2 aromatic heterocycles. The second-order valence-electron chi connectivity index (χ2n) is 11.9. The first-order valence-electron chi connectivity index (χ1n) is 15.2. The van der Waals surface area contributed by atoms with Gasteiger partial charge in [-0.2, -0.15) is 0 Å². The highest BCUT2D eigenvalue weighted by Crippen LogP contribution is 2.52. The zero-order valence-corrected chi connectivity index (χ0v) is 23.7. The quantitative estimate of drug-likeness (QED) is 0.266. The Balaban J connectivity index is 1.28. The molecule has 3 fully saturated rings. The Hall–Kier alpha value is -3.01. The Morgan fingerprint density at radius 2 is 1.95 bits per heavy atom. The molecule has 2 aromatic rings. The fourth-order valence-electron chi connectivity index (χ4n) is 7.67. The van der Waals surface area contributed by atoms with Gasteiger partial charge in [0.25, 0.3) is 0 Å². The van der Waals surface area contributed by atoms with Gasteiger partial charge in [0.2, 0.25) is 11.8 Å². The summed E-state index contributed by atoms with van der Waals surface area (Å²) in [7, 11) is -0.989. The number of carbonyl (C=O) groups is 2. The SMILES string of the molecule is CCC1=C2[C@@H](CC/C(=C/c3ccc(CO)o3)c3ccccn3)OB(O)C[C@@H]2[C@@H]2C(=O)N(C3CCCCC3)C(=O)[C@@H]2C1. The molecule has 4 atom stereocenters. The number of amides is 2. The van der Waals surface area contributed by atoms with Crippen molar-refractivity contribution in [1.82, 2.24) is 9.88 Å². The summed E-state index contributed by atoms with van der Waals surface area (Å²) in [5, 5.41) is 20.3. The van der Waals surface area contributed by atoms with E-state index in [1.807, 2.05) is 30.3 Å². The third kappa shape index (κ3) is 5.47. The molecule has 0 aromatic carbocycles. The van der Waals surface area contributed by atoms with Crippen molar-refractivity contribution in [3.63, 3.8) is 0 Å². The Bertz CT molecular complexity index is 1330. The van der Waals surface area contributed by atoms with Gasteiger partial charge >= 0.3 is 7.12 Å². The molecule has 6 rings (SSSR count). The van der Waals surface area contributed by atoms with Crippen LogP contribution in [0.1, 0.15) is 81.9 Å². The molecule has 2 N–H and O–H groups in total. The molecule has 2 aliphatic carbocycles. The van der Waals surface area contributed by atoms with Crippen molar-refractivity contribution >= 4 is 30.6 Å². The van der Waals surface area contributed by atoms with Crippen LogP contribution in [-0.4, -0.2) is 51.1 Å². The van der Waals surface area contributed by atoms with E-state index in [0.717, 1.165) is 55.4 Å². The number of allylic oxidation sites excluding steroid dienone is 2. The molecule has 0 unspecified atom stereocenters. The minimum absolute atomic E-state index is 0.00417. The molecule has 41 heavy (non-hydrogen) atoms. The molecular formula is C32H39BN2O6. The van der Waals surface area contributed by atoms with Crippen molar-refractivity contribution in [2.24, 2.45) is 17.8 Å². The van der Waals surface area contributed by atoms with Gasteiger partial charge in [0.15, 0.2) is 0 Å². The Morgan fingerprint density at radius 3 is 2.66 bits per heavy atom. The van der Waals surface area contributed by atoms with Gasteiger partial charge in [0.05, 0.1) is 23.6 Å². The minimum Gasteiger partial charge on any atom is -0.459 e. The average molecular weight is 558 g/mol. The number of fused-ring (bicyclic) bond motifs is 3. The summed E-state index contributed by atoms with van der Waals surface area (Å²) in [6.45, 7) is 1.94. The highest BCUT2D eigenvalue weighted by Gasteiger charge is 2.58. The van der Waals surface area contributed by atoms with Crippen LogP contribution in [0.2, 0.25) is 6.32 Å². The number of aromatic nitrogens is 1. The molecular weight excluding hydrogens is 519 g/mol. The second kappa shape index (κ2) is 12.1. The smallest absolute Gasteiger partial charge is 0.455 e. The zero-order chi connectivity index (χ0) is 28.5.